The summed E-state index contributed by atoms with van der Waals surface area (Å²) in [6, 6.07) is 8.58. The molecule has 120 valence electrons. The van der Waals surface area contributed by atoms with Gasteiger partial charge < -0.3 is 10.1 Å². The fourth-order valence-electron chi connectivity index (χ4n) is 2.06. The number of amides is 1. The van der Waals surface area contributed by atoms with Crippen molar-refractivity contribution >= 4 is 41.1 Å². The summed E-state index contributed by atoms with van der Waals surface area (Å²) >= 11 is 12.0. The zero-order chi connectivity index (χ0) is 17.0. The van der Waals surface area contributed by atoms with Gasteiger partial charge in [0.1, 0.15) is 6.29 Å². The lowest BCUT2D eigenvalue weighted by Gasteiger charge is -2.12. The van der Waals surface area contributed by atoms with Crippen LogP contribution in [0.25, 0.3) is 0 Å². The molecule has 23 heavy (non-hydrogen) atoms. The Bertz CT molecular complexity index is 736. The molecule has 0 fully saturated rings. The van der Waals surface area contributed by atoms with Crippen molar-refractivity contribution in [3.8, 4) is 5.75 Å². The molecule has 2 aromatic rings. The second-order valence-corrected chi connectivity index (χ2v) is 5.90. The molecule has 0 aromatic heterocycles. The first-order valence-electron chi connectivity index (χ1n) is 6.85. The normalized spacial score (nSPS) is 10.3. The summed E-state index contributed by atoms with van der Waals surface area (Å²) in [5, 5.41) is 3.12. The monoisotopic (exact) mass is 351 g/mol. The molecule has 0 heterocycles. The first-order valence-corrected chi connectivity index (χ1v) is 7.60. The molecule has 0 aliphatic heterocycles. The molecule has 0 radical (unpaired) electrons. The predicted octanol–water partition coefficient (Wildman–Crippen LogP) is 4.44. The summed E-state index contributed by atoms with van der Waals surface area (Å²) in [5.74, 6) is -0.154. The lowest BCUT2D eigenvalue weighted by Crippen LogP contribution is -2.20. The zero-order valence-corrected chi connectivity index (χ0v) is 14.2. The molecule has 0 aliphatic carbocycles. The van der Waals surface area contributed by atoms with Gasteiger partial charge >= 0.3 is 0 Å². The Kier molecular flexibility index (Phi) is 5.64. The van der Waals surface area contributed by atoms with Crippen LogP contribution < -0.4 is 10.1 Å². The summed E-state index contributed by atoms with van der Waals surface area (Å²) in [6.45, 7) is 3.65. The van der Waals surface area contributed by atoms with Crippen LogP contribution in [0, 0.1) is 13.8 Å². The number of nitrogens with one attached hydrogen (secondary N) is 1. The molecular formula is C17H15Cl2NO3. The smallest absolute Gasteiger partial charge is 0.262 e. The Morgan fingerprint density at radius 3 is 2.39 bits per heavy atom. The third-order valence-corrected chi connectivity index (χ3v) is 3.72. The minimum Gasteiger partial charge on any atom is -0.481 e. The van der Waals surface area contributed by atoms with Crippen LogP contribution in [0.4, 0.5) is 5.69 Å². The quantitative estimate of drug-likeness (QED) is 0.810. The van der Waals surface area contributed by atoms with Crippen molar-refractivity contribution in [2.45, 2.75) is 13.8 Å². The highest BCUT2D eigenvalue weighted by Crippen LogP contribution is 2.33. The average Bonchev–Trinajstić information content (AvgIpc) is 2.49. The number of ether oxygens (including phenoxy) is 1. The van der Waals surface area contributed by atoms with Gasteiger partial charge in [0.15, 0.2) is 12.4 Å². The summed E-state index contributed by atoms with van der Waals surface area (Å²) in [4.78, 5) is 22.7. The van der Waals surface area contributed by atoms with E-state index in [4.69, 9.17) is 27.9 Å². The summed E-state index contributed by atoms with van der Waals surface area (Å²) < 4.78 is 5.37. The van der Waals surface area contributed by atoms with Crippen LogP contribution in [-0.4, -0.2) is 18.8 Å². The summed E-state index contributed by atoms with van der Waals surface area (Å²) in [6.07, 6.45) is 0.633. The Balaban J connectivity index is 2.03. The van der Waals surface area contributed by atoms with Gasteiger partial charge in [0.25, 0.3) is 5.91 Å². The van der Waals surface area contributed by atoms with Gasteiger partial charge in [-0.3, -0.25) is 9.59 Å². The number of rotatable bonds is 5. The molecule has 2 aromatic carbocycles. The van der Waals surface area contributed by atoms with Gasteiger partial charge in [0.2, 0.25) is 0 Å². The number of carbonyl (C=O) groups excluding carboxylic acids is 2. The van der Waals surface area contributed by atoms with Crippen LogP contribution in [0.5, 0.6) is 5.75 Å². The lowest BCUT2D eigenvalue weighted by molar-refractivity contribution is -0.118. The third kappa shape index (κ3) is 4.47. The molecule has 2 rings (SSSR count). The molecule has 1 amide bonds. The van der Waals surface area contributed by atoms with E-state index in [1.165, 1.54) is 12.1 Å². The number of halogens is 2. The maximum Gasteiger partial charge on any atom is 0.262 e. The predicted molar refractivity (Wildman–Crippen MR) is 91.9 cm³/mol. The van der Waals surface area contributed by atoms with Crippen molar-refractivity contribution in [2.24, 2.45) is 0 Å². The van der Waals surface area contributed by atoms with E-state index in [0.717, 1.165) is 16.8 Å². The maximum absolute atomic E-state index is 12.0. The number of aldehydes is 1. The van der Waals surface area contributed by atoms with E-state index in [1.54, 1.807) is 0 Å². The van der Waals surface area contributed by atoms with Crippen molar-refractivity contribution < 1.29 is 14.3 Å². The van der Waals surface area contributed by atoms with Gasteiger partial charge in [-0.2, -0.15) is 0 Å². The minimum atomic E-state index is -0.330. The molecule has 0 saturated heterocycles. The fraction of sp³-hybridized carbons (Fsp3) is 0.176. The van der Waals surface area contributed by atoms with Gasteiger partial charge in [-0.15, -0.1) is 0 Å². The standard InChI is InChI=1S/C17H15Cl2NO3/c1-10-3-4-15(11(2)5-10)20-16(22)9-23-17-13(18)6-12(8-21)7-14(17)19/h3-8H,9H2,1-2H3,(H,20,22). The third-order valence-electron chi connectivity index (χ3n) is 3.16. The van der Waals surface area contributed by atoms with Crippen molar-refractivity contribution in [3.05, 3.63) is 57.1 Å². The van der Waals surface area contributed by atoms with Gasteiger partial charge in [0, 0.05) is 11.3 Å². The van der Waals surface area contributed by atoms with Gasteiger partial charge in [-0.1, -0.05) is 40.9 Å². The summed E-state index contributed by atoms with van der Waals surface area (Å²) in [5.41, 5.74) is 3.14. The van der Waals surface area contributed by atoms with Crippen LogP contribution in [0.1, 0.15) is 21.5 Å². The highest BCUT2D eigenvalue weighted by Gasteiger charge is 2.12. The van der Waals surface area contributed by atoms with E-state index in [1.807, 2.05) is 32.0 Å². The van der Waals surface area contributed by atoms with E-state index in [9.17, 15) is 9.59 Å². The number of carbonyl (C=O) groups is 2. The van der Waals surface area contributed by atoms with Crippen LogP contribution in [0.3, 0.4) is 0 Å². The topological polar surface area (TPSA) is 55.4 Å². The molecule has 1 N–H and O–H groups in total. The zero-order valence-electron chi connectivity index (χ0n) is 12.7. The van der Waals surface area contributed by atoms with E-state index >= 15 is 0 Å². The molecule has 0 spiro atoms. The van der Waals surface area contributed by atoms with E-state index in [2.05, 4.69) is 5.32 Å². The molecular weight excluding hydrogens is 337 g/mol. The lowest BCUT2D eigenvalue weighted by atomic mass is 10.1. The Labute approximate surface area is 144 Å². The van der Waals surface area contributed by atoms with Gasteiger partial charge in [-0.25, -0.2) is 0 Å². The fourth-order valence-corrected chi connectivity index (χ4v) is 2.68. The molecule has 0 aliphatic rings. The van der Waals surface area contributed by atoms with E-state index in [0.29, 0.717) is 11.8 Å². The number of hydrogen-bond donors (Lipinski definition) is 1. The molecule has 0 saturated carbocycles. The van der Waals surface area contributed by atoms with Crippen molar-refractivity contribution in [2.75, 3.05) is 11.9 Å². The second-order valence-electron chi connectivity index (χ2n) is 5.09. The molecule has 0 atom stereocenters. The van der Waals surface area contributed by atoms with Crippen molar-refractivity contribution in [3.63, 3.8) is 0 Å². The maximum atomic E-state index is 12.0. The number of hydrogen-bond acceptors (Lipinski definition) is 3. The number of aryl methyl sites for hydroxylation is 2. The largest absolute Gasteiger partial charge is 0.481 e. The molecule has 0 unspecified atom stereocenters. The Hall–Kier alpha value is -2.04. The highest BCUT2D eigenvalue weighted by atomic mass is 35.5. The Morgan fingerprint density at radius 1 is 1.17 bits per heavy atom. The number of anilines is 1. The average molecular weight is 352 g/mol. The highest BCUT2D eigenvalue weighted by molar-refractivity contribution is 6.37. The number of benzene rings is 2. The molecule has 6 heteroatoms. The van der Waals surface area contributed by atoms with Gasteiger partial charge in [-0.05, 0) is 37.6 Å². The Morgan fingerprint density at radius 2 is 1.83 bits per heavy atom. The van der Waals surface area contributed by atoms with E-state index in [-0.39, 0.29) is 28.3 Å². The van der Waals surface area contributed by atoms with Crippen molar-refractivity contribution in [1.29, 1.82) is 0 Å². The van der Waals surface area contributed by atoms with Crippen LogP contribution in [0.2, 0.25) is 10.0 Å². The minimum absolute atomic E-state index is 0.176. The summed E-state index contributed by atoms with van der Waals surface area (Å²) in [7, 11) is 0. The van der Waals surface area contributed by atoms with Crippen LogP contribution in [0.15, 0.2) is 30.3 Å². The second kappa shape index (κ2) is 7.49. The molecule has 4 nitrogen and oxygen atoms in total. The first-order chi connectivity index (χ1) is 10.9. The molecule has 0 bridgehead atoms. The van der Waals surface area contributed by atoms with Crippen LogP contribution in [-0.2, 0) is 4.79 Å². The van der Waals surface area contributed by atoms with E-state index < -0.39 is 0 Å². The van der Waals surface area contributed by atoms with Crippen molar-refractivity contribution in [1.82, 2.24) is 0 Å². The van der Waals surface area contributed by atoms with Gasteiger partial charge in [0.05, 0.1) is 10.0 Å². The SMILES string of the molecule is Cc1ccc(NC(=O)COc2c(Cl)cc(C=O)cc2Cl)c(C)c1. The first kappa shape index (κ1) is 17.3. The van der Waals surface area contributed by atoms with Crippen LogP contribution >= 0.6 is 23.2 Å².